The van der Waals surface area contributed by atoms with Crippen LogP contribution in [-0.4, -0.2) is 23.7 Å². The summed E-state index contributed by atoms with van der Waals surface area (Å²) in [5.74, 6) is -0.698. The van der Waals surface area contributed by atoms with Crippen LogP contribution >= 0.6 is 0 Å². The highest BCUT2D eigenvalue weighted by atomic mass is 16.4. The molecular formula is C15H31NO2. The number of hydrogen-bond acceptors (Lipinski definition) is 2. The van der Waals surface area contributed by atoms with Crippen LogP contribution in [0, 0.1) is 0 Å². The number of aliphatic carboxylic acids is 1. The van der Waals surface area contributed by atoms with E-state index in [2.05, 4.69) is 19.2 Å². The molecule has 108 valence electrons. The lowest BCUT2D eigenvalue weighted by Crippen LogP contribution is -2.27. The first-order valence-corrected chi connectivity index (χ1v) is 7.62. The van der Waals surface area contributed by atoms with Gasteiger partial charge in [-0.2, -0.15) is 0 Å². The van der Waals surface area contributed by atoms with Crippen molar-refractivity contribution in [3.05, 3.63) is 0 Å². The first-order valence-electron chi connectivity index (χ1n) is 7.62. The lowest BCUT2D eigenvalue weighted by atomic mass is 10.1. The van der Waals surface area contributed by atoms with Gasteiger partial charge < -0.3 is 10.4 Å². The summed E-state index contributed by atoms with van der Waals surface area (Å²) in [5.41, 5.74) is 0. The van der Waals surface area contributed by atoms with Gasteiger partial charge >= 0.3 is 5.97 Å². The molecular weight excluding hydrogens is 226 g/mol. The minimum absolute atomic E-state index is 0.269. The van der Waals surface area contributed by atoms with Crippen molar-refractivity contribution in [2.45, 2.75) is 84.1 Å². The first kappa shape index (κ1) is 17.4. The molecule has 0 aliphatic carbocycles. The smallest absolute Gasteiger partial charge is 0.303 e. The first-order chi connectivity index (χ1) is 8.66. The zero-order chi connectivity index (χ0) is 13.6. The Balaban J connectivity index is 3.12. The normalized spacial score (nSPS) is 12.6. The van der Waals surface area contributed by atoms with E-state index in [-0.39, 0.29) is 6.42 Å². The fourth-order valence-corrected chi connectivity index (χ4v) is 2.05. The Morgan fingerprint density at radius 1 is 1.06 bits per heavy atom. The molecule has 0 radical (unpaired) electrons. The van der Waals surface area contributed by atoms with Crippen molar-refractivity contribution < 1.29 is 9.90 Å². The average Bonchev–Trinajstić information content (AvgIpc) is 2.34. The molecule has 0 aromatic heterocycles. The molecule has 1 unspecified atom stereocenters. The summed E-state index contributed by atoms with van der Waals surface area (Å²) >= 11 is 0. The minimum Gasteiger partial charge on any atom is -0.481 e. The third-order valence-corrected chi connectivity index (χ3v) is 3.31. The molecule has 1 atom stereocenters. The van der Waals surface area contributed by atoms with Crippen LogP contribution < -0.4 is 5.32 Å². The van der Waals surface area contributed by atoms with Crippen molar-refractivity contribution in [2.24, 2.45) is 0 Å². The van der Waals surface area contributed by atoms with Gasteiger partial charge in [0.15, 0.2) is 0 Å². The van der Waals surface area contributed by atoms with E-state index in [4.69, 9.17) is 5.11 Å². The molecule has 0 aromatic rings. The van der Waals surface area contributed by atoms with Crippen LogP contribution in [0.4, 0.5) is 0 Å². The van der Waals surface area contributed by atoms with Crippen LogP contribution in [-0.2, 0) is 4.79 Å². The van der Waals surface area contributed by atoms with Crippen LogP contribution in [0.3, 0.4) is 0 Å². The average molecular weight is 257 g/mol. The van der Waals surface area contributed by atoms with Gasteiger partial charge in [-0.3, -0.25) is 4.79 Å². The molecule has 0 rings (SSSR count). The molecule has 3 nitrogen and oxygen atoms in total. The summed E-state index contributed by atoms with van der Waals surface area (Å²) in [5, 5.41) is 12.0. The maximum atomic E-state index is 10.4. The molecule has 0 spiro atoms. The number of unbranched alkanes of at least 4 members (excludes halogenated alkanes) is 7. The van der Waals surface area contributed by atoms with E-state index in [1.165, 1.54) is 51.4 Å². The Kier molecular flexibility index (Phi) is 12.5. The minimum atomic E-state index is -0.698. The summed E-state index contributed by atoms with van der Waals surface area (Å²) in [6.07, 6.45) is 11.7. The lowest BCUT2D eigenvalue weighted by Gasteiger charge is -2.12. The van der Waals surface area contributed by atoms with E-state index in [1.807, 2.05) is 0 Å². The molecule has 0 saturated heterocycles. The molecule has 3 heteroatoms. The molecule has 2 N–H and O–H groups in total. The zero-order valence-corrected chi connectivity index (χ0v) is 12.2. The van der Waals surface area contributed by atoms with E-state index in [0.717, 1.165) is 13.0 Å². The molecule has 18 heavy (non-hydrogen) atoms. The second kappa shape index (κ2) is 12.9. The zero-order valence-electron chi connectivity index (χ0n) is 12.2. The summed E-state index contributed by atoms with van der Waals surface area (Å²) in [4.78, 5) is 10.4. The molecule has 0 saturated carbocycles. The van der Waals surface area contributed by atoms with E-state index in [0.29, 0.717) is 6.04 Å². The van der Waals surface area contributed by atoms with Crippen LogP contribution in [0.25, 0.3) is 0 Å². The summed E-state index contributed by atoms with van der Waals surface area (Å²) in [6, 6.07) is 0.325. The Morgan fingerprint density at radius 2 is 1.61 bits per heavy atom. The Hall–Kier alpha value is -0.570. The number of rotatable bonds is 13. The molecule has 0 aliphatic heterocycles. The van der Waals surface area contributed by atoms with Gasteiger partial charge in [-0.1, -0.05) is 51.9 Å². The van der Waals surface area contributed by atoms with Crippen molar-refractivity contribution in [1.82, 2.24) is 5.32 Å². The molecule has 0 amide bonds. The van der Waals surface area contributed by atoms with Gasteiger partial charge in [0.1, 0.15) is 0 Å². The molecule has 0 aliphatic rings. The molecule has 0 heterocycles. The largest absolute Gasteiger partial charge is 0.481 e. The van der Waals surface area contributed by atoms with Crippen molar-refractivity contribution in [1.29, 1.82) is 0 Å². The SMILES string of the molecule is CCCCCCCCCCNC(C)CCC(=O)O. The monoisotopic (exact) mass is 257 g/mol. The second-order valence-corrected chi connectivity index (χ2v) is 5.26. The predicted molar refractivity (Wildman–Crippen MR) is 76.9 cm³/mol. The van der Waals surface area contributed by atoms with Gasteiger partial charge in [-0.25, -0.2) is 0 Å². The van der Waals surface area contributed by atoms with Crippen molar-refractivity contribution in [3.8, 4) is 0 Å². The van der Waals surface area contributed by atoms with Crippen molar-refractivity contribution in [3.63, 3.8) is 0 Å². The number of carboxylic acid groups (broad SMARTS) is 1. The standard InChI is InChI=1S/C15H31NO2/c1-3-4-5-6-7-8-9-10-13-16-14(2)11-12-15(17)18/h14,16H,3-13H2,1-2H3,(H,17,18). The van der Waals surface area contributed by atoms with Gasteiger partial charge in [0, 0.05) is 12.5 Å². The Labute approximate surface area is 112 Å². The quantitative estimate of drug-likeness (QED) is 0.491. The summed E-state index contributed by atoms with van der Waals surface area (Å²) in [6.45, 7) is 5.33. The van der Waals surface area contributed by atoms with Crippen molar-refractivity contribution in [2.75, 3.05) is 6.54 Å². The van der Waals surface area contributed by atoms with Gasteiger partial charge in [0.25, 0.3) is 0 Å². The maximum Gasteiger partial charge on any atom is 0.303 e. The number of carbonyl (C=O) groups is 1. The Morgan fingerprint density at radius 3 is 2.17 bits per heavy atom. The van der Waals surface area contributed by atoms with Crippen LogP contribution in [0.5, 0.6) is 0 Å². The summed E-state index contributed by atoms with van der Waals surface area (Å²) in [7, 11) is 0. The van der Waals surface area contributed by atoms with E-state index in [1.54, 1.807) is 0 Å². The molecule has 0 aromatic carbocycles. The topological polar surface area (TPSA) is 49.3 Å². The number of hydrogen-bond donors (Lipinski definition) is 2. The number of carboxylic acids is 1. The van der Waals surface area contributed by atoms with Gasteiger partial charge in [0.05, 0.1) is 0 Å². The third kappa shape index (κ3) is 13.5. The summed E-state index contributed by atoms with van der Waals surface area (Å²) < 4.78 is 0. The van der Waals surface area contributed by atoms with E-state index >= 15 is 0 Å². The van der Waals surface area contributed by atoms with Gasteiger partial charge in [-0.15, -0.1) is 0 Å². The van der Waals surface area contributed by atoms with E-state index in [9.17, 15) is 4.79 Å². The number of nitrogens with one attached hydrogen (secondary N) is 1. The fourth-order valence-electron chi connectivity index (χ4n) is 2.05. The van der Waals surface area contributed by atoms with E-state index < -0.39 is 5.97 Å². The lowest BCUT2D eigenvalue weighted by molar-refractivity contribution is -0.137. The van der Waals surface area contributed by atoms with Crippen LogP contribution in [0.2, 0.25) is 0 Å². The van der Waals surface area contributed by atoms with Crippen LogP contribution in [0.15, 0.2) is 0 Å². The second-order valence-electron chi connectivity index (χ2n) is 5.26. The highest BCUT2D eigenvalue weighted by molar-refractivity contribution is 5.66. The molecule has 0 bridgehead atoms. The van der Waals surface area contributed by atoms with Crippen LogP contribution in [0.1, 0.15) is 78.1 Å². The van der Waals surface area contributed by atoms with Gasteiger partial charge in [-0.05, 0) is 26.3 Å². The highest BCUT2D eigenvalue weighted by Crippen LogP contribution is 2.08. The van der Waals surface area contributed by atoms with Gasteiger partial charge in [0.2, 0.25) is 0 Å². The maximum absolute atomic E-state index is 10.4. The van der Waals surface area contributed by atoms with Crippen molar-refractivity contribution >= 4 is 5.97 Å². The molecule has 0 fully saturated rings. The highest BCUT2D eigenvalue weighted by Gasteiger charge is 2.03. The Bertz CT molecular complexity index is 195. The fraction of sp³-hybridized carbons (Fsp3) is 0.933. The predicted octanol–water partition coefficient (Wildman–Crippen LogP) is 3.97. The third-order valence-electron chi connectivity index (χ3n) is 3.31.